The summed E-state index contributed by atoms with van der Waals surface area (Å²) in [5.41, 5.74) is 0.714. The molecule has 4 aromatic rings. The van der Waals surface area contributed by atoms with Crippen molar-refractivity contribution < 1.29 is 22.4 Å². The number of pyridine rings is 1. The zero-order chi connectivity index (χ0) is 24.3. The summed E-state index contributed by atoms with van der Waals surface area (Å²) in [6.07, 6.45) is -2.07. The lowest BCUT2D eigenvalue weighted by atomic mass is 9.76. The molecule has 2 atom stereocenters. The van der Waals surface area contributed by atoms with E-state index < -0.39 is 23.2 Å². The number of aromatic nitrogens is 1. The van der Waals surface area contributed by atoms with Crippen molar-refractivity contribution in [2.24, 2.45) is 0 Å². The molecule has 6 nitrogen and oxygen atoms in total. The number of likely N-dealkylation sites (N-methyl/N-ethyl adjacent to an activating group) is 1. The number of furan rings is 1. The first-order valence-electron chi connectivity index (χ1n) is 10.3. The molecule has 0 spiro atoms. The number of hydrogen-bond donors (Lipinski definition) is 2. The molecule has 10 heteroatoms. The lowest BCUT2D eigenvalue weighted by Crippen LogP contribution is -2.62. The molecule has 34 heavy (non-hydrogen) atoms. The summed E-state index contributed by atoms with van der Waals surface area (Å²) in [6, 6.07) is 11.5. The van der Waals surface area contributed by atoms with E-state index in [0.717, 1.165) is 28.1 Å². The summed E-state index contributed by atoms with van der Waals surface area (Å²) < 4.78 is 44.1. The first-order valence-corrected chi connectivity index (χ1v) is 11.2. The highest BCUT2D eigenvalue weighted by Crippen LogP contribution is 2.44. The van der Waals surface area contributed by atoms with Crippen LogP contribution in [-0.2, 0) is 16.5 Å². The number of rotatable bonds is 3. The highest BCUT2D eigenvalue weighted by Gasteiger charge is 2.49. The van der Waals surface area contributed by atoms with E-state index in [1.54, 1.807) is 18.7 Å². The zero-order valence-electron chi connectivity index (χ0n) is 18.1. The van der Waals surface area contributed by atoms with Gasteiger partial charge >= 0.3 is 6.18 Å². The number of guanidine groups is 1. The van der Waals surface area contributed by atoms with E-state index in [2.05, 4.69) is 10.3 Å². The minimum absolute atomic E-state index is 0.0317. The van der Waals surface area contributed by atoms with Gasteiger partial charge < -0.3 is 9.73 Å². The average molecular weight is 485 g/mol. The van der Waals surface area contributed by atoms with Crippen LogP contribution < -0.4 is 5.32 Å². The Kier molecular flexibility index (Phi) is 5.01. The van der Waals surface area contributed by atoms with Crippen LogP contribution in [0.25, 0.3) is 22.2 Å². The number of nitrogens with one attached hydrogen (secondary N) is 2. The van der Waals surface area contributed by atoms with E-state index in [0.29, 0.717) is 16.8 Å². The van der Waals surface area contributed by atoms with Crippen molar-refractivity contribution in [2.45, 2.75) is 24.6 Å². The number of alkyl halides is 3. The number of hydrogen-bond acceptors (Lipinski definition) is 5. The van der Waals surface area contributed by atoms with Gasteiger partial charge in [-0.1, -0.05) is 6.07 Å². The van der Waals surface area contributed by atoms with Crippen molar-refractivity contribution in [1.82, 2.24) is 15.2 Å². The standard InChI is InChI=1S/C24H19F3N4O2S/c1-23(19-10-15(12-34-19)17-5-4-16(11-29-17)24(25,26)27)20(21(32)31(2)22(28)30-23)14-3-6-18-13(9-14)7-8-33-18/h3-12,20H,1-2H3,(H2,28,30)/t20?,23-/m1/s1. The van der Waals surface area contributed by atoms with Gasteiger partial charge in [0.05, 0.1) is 29.0 Å². The number of benzene rings is 1. The fourth-order valence-corrected chi connectivity index (χ4v) is 5.32. The second kappa shape index (κ2) is 7.69. The van der Waals surface area contributed by atoms with Crippen LogP contribution in [0.4, 0.5) is 13.2 Å². The number of carbonyl (C=O) groups excluding carboxylic acids is 1. The first-order chi connectivity index (χ1) is 16.1. The number of carbonyl (C=O) groups is 1. The van der Waals surface area contributed by atoms with Crippen LogP contribution in [0.15, 0.2) is 64.7 Å². The molecule has 1 fully saturated rings. The van der Waals surface area contributed by atoms with Crippen LogP contribution >= 0.6 is 11.3 Å². The third-order valence-corrected chi connectivity index (χ3v) is 7.34. The van der Waals surface area contributed by atoms with Crippen LogP contribution in [0.3, 0.4) is 0 Å². The number of amides is 1. The van der Waals surface area contributed by atoms with Crippen LogP contribution in [0, 0.1) is 5.41 Å². The Bertz CT molecular complexity index is 1410. The van der Waals surface area contributed by atoms with Gasteiger partial charge in [-0.3, -0.25) is 20.1 Å². The summed E-state index contributed by atoms with van der Waals surface area (Å²) in [6.45, 7) is 1.85. The van der Waals surface area contributed by atoms with Crippen LogP contribution in [0.5, 0.6) is 0 Å². The highest BCUT2D eigenvalue weighted by molar-refractivity contribution is 7.10. The van der Waals surface area contributed by atoms with Gasteiger partial charge in [0.1, 0.15) is 5.58 Å². The van der Waals surface area contributed by atoms with Crippen LogP contribution in [0.1, 0.15) is 28.8 Å². The second-order valence-electron chi connectivity index (χ2n) is 8.35. The molecule has 0 saturated carbocycles. The van der Waals surface area contributed by atoms with Crippen molar-refractivity contribution in [3.05, 3.63) is 76.3 Å². The SMILES string of the molecule is CN1C(=N)N[C@](C)(c2cc(-c3ccc(C(F)(F)F)cn3)cs2)C(c2ccc3occc3c2)C1=O. The topological polar surface area (TPSA) is 82.2 Å². The Morgan fingerprint density at radius 3 is 2.71 bits per heavy atom. The second-order valence-corrected chi connectivity index (χ2v) is 9.26. The van der Waals surface area contributed by atoms with E-state index in [-0.39, 0.29) is 11.9 Å². The number of halogens is 3. The molecule has 1 saturated heterocycles. The van der Waals surface area contributed by atoms with Gasteiger partial charge in [0.2, 0.25) is 5.91 Å². The maximum Gasteiger partial charge on any atom is 0.417 e. The van der Waals surface area contributed by atoms with E-state index in [9.17, 15) is 18.0 Å². The van der Waals surface area contributed by atoms with E-state index in [4.69, 9.17) is 9.83 Å². The zero-order valence-corrected chi connectivity index (χ0v) is 18.9. The number of thiophene rings is 1. The Morgan fingerprint density at radius 1 is 1.21 bits per heavy atom. The lowest BCUT2D eigenvalue weighted by Gasteiger charge is -2.45. The van der Waals surface area contributed by atoms with Gasteiger partial charge in [-0.25, -0.2) is 0 Å². The molecule has 1 aliphatic heterocycles. The number of fused-ring (bicyclic) bond motifs is 1. The normalized spacial score (nSPS) is 21.2. The Balaban J connectivity index is 1.57. The van der Waals surface area contributed by atoms with Crippen LogP contribution in [-0.4, -0.2) is 28.8 Å². The fraction of sp³-hybridized carbons (Fsp3) is 0.208. The monoisotopic (exact) mass is 484 g/mol. The highest BCUT2D eigenvalue weighted by atomic mass is 32.1. The molecule has 1 aliphatic rings. The van der Waals surface area contributed by atoms with Gasteiger partial charge in [0.25, 0.3) is 0 Å². The summed E-state index contributed by atoms with van der Waals surface area (Å²) in [5.74, 6) is -0.926. The Morgan fingerprint density at radius 2 is 2.00 bits per heavy atom. The molecular weight excluding hydrogens is 465 g/mol. The largest absolute Gasteiger partial charge is 0.464 e. The first kappa shape index (κ1) is 22.1. The predicted octanol–water partition coefficient (Wildman–Crippen LogP) is 5.57. The Hall–Kier alpha value is -3.66. The molecular formula is C24H19F3N4O2S. The minimum atomic E-state index is -4.46. The van der Waals surface area contributed by atoms with Gasteiger partial charge in [-0.2, -0.15) is 13.2 Å². The van der Waals surface area contributed by atoms with Crippen molar-refractivity contribution in [3.8, 4) is 11.3 Å². The molecule has 0 radical (unpaired) electrons. The molecule has 1 amide bonds. The molecule has 3 aromatic heterocycles. The third kappa shape index (κ3) is 3.54. The predicted molar refractivity (Wildman–Crippen MR) is 122 cm³/mol. The van der Waals surface area contributed by atoms with Crippen molar-refractivity contribution in [3.63, 3.8) is 0 Å². The van der Waals surface area contributed by atoms with Crippen molar-refractivity contribution in [2.75, 3.05) is 7.05 Å². The Labute approximate surface area is 196 Å². The van der Waals surface area contributed by atoms with E-state index >= 15 is 0 Å². The molecule has 1 aromatic carbocycles. The smallest absolute Gasteiger partial charge is 0.417 e. The van der Waals surface area contributed by atoms with Gasteiger partial charge in [0.15, 0.2) is 5.96 Å². The lowest BCUT2D eigenvalue weighted by molar-refractivity contribution is -0.137. The van der Waals surface area contributed by atoms with Gasteiger partial charge in [-0.05, 0) is 48.9 Å². The molecule has 0 aliphatic carbocycles. The van der Waals surface area contributed by atoms with Crippen molar-refractivity contribution in [1.29, 1.82) is 5.41 Å². The van der Waals surface area contributed by atoms with Gasteiger partial charge in [0, 0.05) is 34.5 Å². The van der Waals surface area contributed by atoms with Crippen LogP contribution in [0.2, 0.25) is 0 Å². The maximum absolute atomic E-state index is 13.4. The average Bonchev–Trinajstić information content (AvgIpc) is 3.47. The molecule has 174 valence electrons. The molecule has 1 unspecified atom stereocenters. The summed E-state index contributed by atoms with van der Waals surface area (Å²) >= 11 is 1.36. The van der Waals surface area contributed by atoms with Gasteiger partial charge in [-0.15, -0.1) is 11.3 Å². The number of nitrogens with zero attached hydrogens (tertiary/aromatic N) is 2. The molecule has 0 bridgehead atoms. The molecule has 5 rings (SSSR count). The summed E-state index contributed by atoms with van der Waals surface area (Å²) in [4.78, 5) is 19.4. The third-order valence-electron chi connectivity index (χ3n) is 6.18. The fourth-order valence-electron chi connectivity index (χ4n) is 4.27. The minimum Gasteiger partial charge on any atom is -0.464 e. The van der Waals surface area contributed by atoms with Crippen molar-refractivity contribution >= 4 is 34.2 Å². The summed E-state index contributed by atoms with van der Waals surface area (Å²) in [5, 5.41) is 14.1. The maximum atomic E-state index is 13.4. The van der Waals surface area contributed by atoms with E-state index in [1.165, 1.54) is 22.3 Å². The quantitative estimate of drug-likeness (QED) is 0.398. The molecule has 2 N–H and O–H groups in total. The molecule has 4 heterocycles. The van der Waals surface area contributed by atoms with E-state index in [1.807, 2.05) is 37.3 Å². The summed E-state index contributed by atoms with van der Waals surface area (Å²) in [7, 11) is 1.55.